The van der Waals surface area contributed by atoms with Crippen LogP contribution in [0.2, 0.25) is 0 Å². The number of aromatic nitrogens is 1. The molecule has 1 aliphatic rings. The van der Waals surface area contributed by atoms with Crippen molar-refractivity contribution in [2.24, 2.45) is 0 Å². The number of nitrogens with zero attached hydrogens (tertiary/aromatic N) is 1. The molecular formula is C22H25FN2O4. The van der Waals surface area contributed by atoms with Crippen molar-refractivity contribution in [3.8, 4) is 11.1 Å². The summed E-state index contributed by atoms with van der Waals surface area (Å²) in [6.45, 7) is 4.59. The van der Waals surface area contributed by atoms with Gasteiger partial charge in [0.1, 0.15) is 11.5 Å². The Balaban J connectivity index is 2.06. The molecule has 1 amide bonds. The molecule has 0 spiro atoms. The maximum atomic E-state index is 13.4. The second-order valence-electron chi connectivity index (χ2n) is 7.14. The lowest BCUT2D eigenvalue weighted by Gasteiger charge is -2.19. The highest BCUT2D eigenvalue weighted by molar-refractivity contribution is 6.43. The lowest BCUT2D eigenvalue weighted by atomic mass is 9.98. The van der Waals surface area contributed by atoms with E-state index in [1.165, 1.54) is 24.3 Å². The van der Waals surface area contributed by atoms with E-state index in [2.05, 4.69) is 4.98 Å². The molecule has 1 N–H and O–H groups in total. The summed E-state index contributed by atoms with van der Waals surface area (Å²) in [4.78, 5) is 43.0. The van der Waals surface area contributed by atoms with E-state index >= 15 is 0 Å². The first-order chi connectivity index (χ1) is 13.9. The maximum Gasteiger partial charge on any atom is 0.340 e. The average molecular weight is 400 g/mol. The first-order valence-corrected chi connectivity index (χ1v) is 9.93. The number of hydrogen-bond donors (Lipinski definition) is 1. The third-order valence-electron chi connectivity index (χ3n) is 5.11. The van der Waals surface area contributed by atoms with Gasteiger partial charge in [0, 0.05) is 24.3 Å². The van der Waals surface area contributed by atoms with Crippen LogP contribution in [-0.2, 0) is 9.53 Å². The second kappa shape index (κ2) is 9.03. The first-order valence-electron chi connectivity index (χ1n) is 9.93. The fourth-order valence-corrected chi connectivity index (χ4v) is 3.68. The molecule has 0 aliphatic carbocycles. The molecule has 0 atom stereocenters. The number of ether oxygens (including phenoxy) is 1. The van der Waals surface area contributed by atoms with Gasteiger partial charge in [0.2, 0.25) is 0 Å². The van der Waals surface area contributed by atoms with Crippen molar-refractivity contribution < 1.29 is 23.5 Å². The number of H-pyrrole nitrogens is 1. The third kappa shape index (κ3) is 4.39. The van der Waals surface area contributed by atoms with Crippen LogP contribution in [0.4, 0.5) is 4.39 Å². The van der Waals surface area contributed by atoms with E-state index in [0.717, 1.165) is 25.7 Å². The van der Waals surface area contributed by atoms with Gasteiger partial charge >= 0.3 is 5.97 Å². The van der Waals surface area contributed by atoms with E-state index in [4.69, 9.17) is 4.74 Å². The Morgan fingerprint density at radius 1 is 1.07 bits per heavy atom. The molecule has 1 saturated heterocycles. The van der Waals surface area contributed by atoms with Gasteiger partial charge < -0.3 is 14.6 Å². The van der Waals surface area contributed by atoms with E-state index in [1.807, 2.05) is 0 Å². The Hall–Kier alpha value is -2.96. The molecule has 0 radical (unpaired) electrons. The summed E-state index contributed by atoms with van der Waals surface area (Å²) >= 11 is 0. The Labute approximate surface area is 169 Å². The number of Topliss-reactive ketones (excluding diaryl/α,β-unsaturated/α-hetero) is 1. The predicted octanol–water partition coefficient (Wildman–Crippen LogP) is 3.89. The minimum Gasteiger partial charge on any atom is -0.462 e. The summed E-state index contributed by atoms with van der Waals surface area (Å²) in [5.74, 6) is -2.33. The van der Waals surface area contributed by atoms with Gasteiger partial charge in [-0.3, -0.25) is 9.59 Å². The van der Waals surface area contributed by atoms with E-state index in [0.29, 0.717) is 24.3 Å². The number of aromatic amines is 1. The number of amides is 1. The van der Waals surface area contributed by atoms with Gasteiger partial charge in [-0.1, -0.05) is 25.0 Å². The molecule has 6 nitrogen and oxygen atoms in total. The van der Waals surface area contributed by atoms with Gasteiger partial charge in [-0.15, -0.1) is 0 Å². The van der Waals surface area contributed by atoms with Crippen molar-refractivity contribution in [1.29, 1.82) is 0 Å². The van der Waals surface area contributed by atoms with Crippen molar-refractivity contribution in [3.05, 3.63) is 47.0 Å². The van der Waals surface area contributed by atoms with Gasteiger partial charge in [-0.05, 0) is 44.4 Å². The van der Waals surface area contributed by atoms with E-state index in [9.17, 15) is 18.8 Å². The van der Waals surface area contributed by atoms with Crippen LogP contribution >= 0.6 is 0 Å². The molecule has 7 heteroatoms. The fourth-order valence-electron chi connectivity index (χ4n) is 3.68. The van der Waals surface area contributed by atoms with Crippen LogP contribution in [0, 0.1) is 12.7 Å². The lowest BCUT2D eigenvalue weighted by Crippen LogP contribution is -2.37. The number of likely N-dealkylation sites (tertiary alicyclic amines) is 1. The Morgan fingerprint density at radius 2 is 1.69 bits per heavy atom. The van der Waals surface area contributed by atoms with Crippen molar-refractivity contribution >= 4 is 17.7 Å². The lowest BCUT2D eigenvalue weighted by molar-refractivity contribution is -0.126. The Kier molecular flexibility index (Phi) is 6.46. The summed E-state index contributed by atoms with van der Waals surface area (Å²) < 4.78 is 18.6. The van der Waals surface area contributed by atoms with E-state index < -0.39 is 23.5 Å². The molecule has 1 aromatic heterocycles. The molecule has 29 heavy (non-hydrogen) atoms. The average Bonchev–Trinajstić information content (AvgIpc) is 2.87. The Morgan fingerprint density at radius 3 is 2.28 bits per heavy atom. The summed E-state index contributed by atoms with van der Waals surface area (Å²) in [6, 6.07) is 5.46. The quantitative estimate of drug-likeness (QED) is 0.469. The van der Waals surface area contributed by atoms with Crippen molar-refractivity contribution in [2.75, 3.05) is 19.7 Å². The molecule has 2 aromatic rings. The summed E-state index contributed by atoms with van der Waals surface area (Å²) in [7, 11) is 0. The summed E-state index contributed by atoms with van der Waals surface area (Å²) in [5.41, 5.74) is 1.38. The first kappa shape index (κ1) is 20.8. The normalized spacial score (nSPS) is 14.4. The number of benzene rings is 1. The number of halogens is 1. The smallest absolute Gasteiger partial charge is 0.340 e. The van der Waals surface area contributed by atoms with Gasteiger partial charge in [-0.25, -0.2) is 9.18 Å². The van der Waals surface area contributed by atoms with Gasteiger partial charge in [-0.2, -0.15) is 0 Å². The predicted molar refractivity (Wildman–Crippen MR) is 106 cm³/mol. The van der Waals surface area contributed by atoms with Crippen LogP contribution in [0.5, 0.6) is 0 Å². The summed E-state index contributed by atoms with van der Waals surface area (Å²) in [6.07, 6.45) is 3.80. The van der Waals surface area contributed by atoms with E-state index in [1.54, 1.807) is 18.7 Å². The van der Waals surface area contributed by atoms with Crippen LogP contribution in [0.3, 0.4) is 0 Å². The zero-order valence-electron chi connectivity index (χ0n) is 16.7. The number of carbonyl (C=O) groups excluding carboxylic acids is 3. The molecule has 154 valence electrons. The van der Waals surface area contributed by atoms with Gasteiger partial charge in [0.25, 0.3) is 11.7 Å². The van der Waals surface area contributed by atoms with Crippen LogP contribution < -0.4 is 0 Å². The number of carbonyl (C=O) groups is 3. The highest BCUT2D eigenvalue weighted by atomic mass is 19.1. The zero-order chi connectivity index (χ0) is 21.0. The Bertz CT molecular complexity index is 910. The number of nitrogens with one attached hydrogen (secondary N) is 1. The largest absolute Gasteiger partial charge is 0.462 e. The molecule has 0 unspecified atom stereocenters. The van der Waals surface area contributed by atoms with Crippen LogP contribution in [0.25, 0.3) is 11.1 Å². The standard InChI is InChI=1S/C22H25FN2O4/c1-3-29-22(28)17-14(2)24-19(18(17)15-8-10-16(23)11-9-15)20(26)21(27)25-12-6-4-5-7-13-25/h8-11,24H,3-7,12-13H2,1-2H3. The molecule has 3 rings (SSSR count). The maximum absolute atomic E-state index is 13.4. The highest BCUT2D eigenvalue weighted by Crippen LogP contribution is 2.32. The van der Waals surface area contributed by atoms with Crippen molar-refractivity contribution in [1.82, 2.24) is 9.88 Å². The highest BCUT2D eigenvalue weighted by Gasteiger charge is 2.32. The van der Waals surface area contributed by atoms with Gasteiger partial charge in [0.15, 0.2) is 0 Å². The van der Waals surface area contributed by atoms with Crippen LogP contribution in [0.1, 0.15) is 59.1 Å². The molecule has 1 aromatic carbocycles. The molecule has 0 bridgehead atoms. The number of esters is 1. The van der Waals surface area contributed by atoms with Crippen molar-refractivity contribution in [3.63, 3.8) is 0 Å². The molecule has 0 saturated carbocycles. The monoisotopic (exact) mass is 400 g/mol. The topological polar surface area (TPSA) is 79.5 Å². The second-order valence-corrected chi connectivity index (χ2v) is 7.14. The number of ketones is 1. The minimum absolute atomic E-state index is 0.0337. The molecule has 1 fully saturated rings. The van der Waals surface area contributed by atoms with Crippen LogP contribution in [0.15, 0.2) is 24.3 Å². The minimum atomic E-state index is -0.704. The zero-order valence-corrected chi connectivity index (χ0v) is 16.7. The molecular weight excluding hydrogens is 375 g/mol. The van der Waals surface area contributed by atoms with Crippen molar-refractivity contribution in [2.45, 2.75) is 39.5 Å². The number of rotatable bonds is 5. The number of aryl methyl sites for hydroxylation is 1. The third-order valence-corrected chi connectivity index (χ3v) is 5.11. The number of hydrogen-bond acceptors (Lipinski definition) is 4. The van der Waals surface area contributed by atoms with E-state index in [-0.39, 0.29) is 23.4 Å². The SMILES string of the molecule is CCOC(=O)c1c(C)[nH]c(C(=O)C(=O)N2CCCCCC2)c1-c1ccc(F)cc1. The molecule has 2 heterocycles. The van der Waals surface area contributed by atoms with Gasteiger partial charge in [0.05, 0.1) is 12.2 Å². The fraction of sp³-hybridized carbons (Fsp3) is 0.409. The van der Waals surface area contributed by atoms with Crippen LogP contribution in [-0.4, -0.2) is 47.2 Å². The molecule has 1 aliphatic heterocycles. The summed E-state index contributed by atoms with van der Waals surface area (Å²) in [5, 5.41) is 0.